The number of nitrogens with one attached hydrogen (secondary N) is 1. The number of hydrogen-bond acceptors (Lipinski definition) is 2. The maximum Gasteiger partial charge on any atom is 0.0196 e. The van der Waals surface area contributed by atoms with Crippen molar-refractivity contribution in [3.63, 3.8) is 0 Å². The summed E-state index contributed by atoms with van der Waals surface area (Å²) in [5, 5.41) is 3.80. The minimum absolute atomic E-state index is 0.585. The summed E-state index contributed by atoms with van der Waals surface area (Å²) in [6.07, 6.45) is 13.3. The van der Waals surface area contributed by atoms with Crippen LogP contribution in [-0.2, 0) is 0 Å². The summed E-state index contributed by atoms with van der Waals surface area (Å²) < 4.78 is 0. The maximum absolute atomic E-state index is 3.80. The normalized spacial score (nSPS) is 39.2. The van der Waals surface area contributed by atoms with Crippen LogP contribution in [0.25, 0.3) is 0 Å². The van der Waals surface area contributed by atoms with E-state index in [9.17, 15) is 0 Å². The predicted molar refractivity (Wildman–Crippen MR) is 70.1 cm³/mol. The van der Waals surface area contributed by atoms with Gasteiger partial charge in [-0.2, -0.15) is 0 Å². The van der Waals surface area contributed by atoms with Gasteiger partial charge in [0.1, 0.15) is 0 Å². The van der Waals surface area contributed by atoms with Crippen LogP contribution in [0, 0.1) is 5.41 Å². The molecule has 4 fully saturated rings. The largest absolute Gasteiger partial charge is 0.311 e. The lowest BCUT2D eigenvalue weighted by atomic mass is 9.68. The molecule has 0 aromatic rings. The highest BCUT2D eigenvalue weighted by molar-refractivity contribution is 5.06. The smallest absolute Gasteiger partial charge is 0.0196 e. The Morgan fingerprint density at radius 1 is 0.941 bits per heavy atom. The van der Waals surface area contributed by atoms with Crippen molar-refractivity contribution in [2.45, 2.75) is 69.4 Å². The Morgan fingerprint density at radius 3 is 2.35 bits per heavy atom. The van der Waals surface area contributed by atoms with E-state index in [1.165, 1.54) is 77.4 Å². The molecule has 2 aliphatic heterocycles. The molecule has 2 saturated carbocycles. The first-order chi connectivity index (χ1) is 8.29. The summed E-state index contributed by atoms with van der Waals surface area (Å²) >= 11 is 0. The molecule has 0 amide bonds. The van der Waals surface area contributed by atoms with Crippen LogP contribution >= 0.6 is 0 Å². The summed E-state index contributed by atoms with van der Waals surface area (Å²) in [6, 6.07) is 0.919. The Bertz CT molecular complexity index is 294. The van der Waals surface area contributed by atoms with Crippen LogP contribution in [0.5, 0.6) is 0 Å². The average Bonchev–Trinajstić information content (AvgIpc) is 2.74. The van der Waals surface area contributed by atoms with Crippen molar-refractivity contribution in [1.29, 1.82) is 0 Å². The van der Waals surface area contributed by atoms with Crippen molar-refractivity contribution in [2.75, 3.05) is 19.6 Å². The van der Waals surface area contributed by atoms with E-state index in [2.05, 4.69) is 10.2 Å². The van der Waals surface area contributed by atoms with E-state index in [0.717, 1.165) is 11.5 Å². The maximum atomic E-state index is 3.80. The van der Waals surface area contributed by atoms with Crippen LogP contribution in [0.1, 0.15) is 57.8 Å². The van der Waals surface area contributed by atoms with Gasteiger partial charge in [0.25, 0.3) is 0 Å². The summed E-state index contributed by atoms with van der Waals surface area (Å²) in [5.74, 6) is 0. The SMILES string of the molecule is C1CCC2(C1)CN(C1CCNC3(CCC3)C1)C2. The molecule has 2 saturated heterocycles. The lowest BCUT2D eigenvalue weighted by Gasteiger charge is -2.57. The summed E-state index contributed by atoms with van der Waals surface area (Å²) in [6.45, 7) is 4.15. The number of nitrogens with zero attached hydrogens (tertiary/aromatic N) is 1. The van der Waals surface area contributed by atoms with E-state index >= 15 is 0 Å². The Labute approximate surface area is 105 Å². The zero-order valence-corrected chi connectivity index (χ0v) is 11.0. The molecule has 0 radical (unpaired) electrons. The van der Waals surface area contributed by atoms with Crippen LogP contribution in [0.3, 0.4) is 0 Å². The molecule has 2 heteroatoms. The predicted octanol–water partition coefficient (Wildman–Crippen LogP) is 2.54. The minimum Gasteiger partial charge on any atom is -0.311 e. The number of likely N-dealkylation sites (tertiary alicyclic amines) is 1. The zero-order chi connectivity index (χ0) is 11.3. The lowest BCUT2D eigenvalue weighted by molar-refractivity contribution is -0.0552. The molecule has 0 bridgehead atoms. The first kappa shape index (κ1) is 10.8. The van der Waals surface area contributed by atoms with Gasteiger partial charge in [0.2, 0.25) is 0 Å². The Balaban J connectivity index is 1.37. The van der Waals surface area contributed by atoms with Crippen LogP contribution in [0.2, 0.25) is 0 Å². The van der Waals surface area contributed by atoms with Crippen molar-refractivity contribution in [2.24, 2.45) is 5.41 Å². The molecule has 2 spiro atoms. The molecule has 0 aromatic heterocycles. The van der Waals surface area contributed by atoms with E-state index < -0.39 is 0 Å². The fourth-order valence-corrected chi connectivity index (χ4v) is 4.94. The molecule has 2 nitrogen and oxygen atoms in total. The van der Waals surface area contributed by atoms with Crippen LogP contribution < -0.4 is 5.32 Å². The van der Waals surface area contributed by atoms with Crippen molar-refractivity contribution in [1.82, 2.24) is 10.2 Å². The second-order valence-electron chi connectivity index (χ2n) is 7.32. The standard InChI is InChI=1S/C15H26N2/c1-2-6-14(5-1)11-17(12-14)13-4-9-16-15(10-13)7-3-8-15/h13,16H,1-12H2. The van der Waals surface area contributed by atoms with E-state index in [4.69, 9.17) is 0 Å². The van der Waals surface area contributed by atoms with Crippen LogP contribution in [0.15, 0.2) is 0 Å². The molecule has 17 heavy (non-hydrogen) atoms. The van der Waals surface area contributed by atoms with Crippen molar-refractivity contribution in [3.8, 4) is 0 Å². The van der Waals surface area contributed by atoms with E-state index in [-0.39, 0.29) is 0 Å². The van der Waals surface area contributed by atoms with Crippen molar-refractivity contribution in [3.05, 3.63) is 0 Å². The average molecular weight is 234 g/mol. The molecule has 0 aromatic carbocycles. The van der Waals surface area contributed by atoms with Crippen molar-refractivity contribution >= 4 is 0 Å². The summed E-state index contributed by atoms with van der Waals surface area (Å²) in [4.78, 5) is 2.83. The third kappa shape index (κ3) is 1.67. The minimum atomic E-state index is 0.585. The monoisotopic (exact) mass is 234 g/mol. The lowest BCUT2D eigenvalue weighted by Crippen LogP contribution is -2.65. The zero-order valence-electron chi connectivity index (χ0n) is 11.0. The quantitative estimate of drug-likeness (QED) is 0.750. The molecule has 4 aliphatic rings. The van der Waals surface area contributed by atoms with Gasteiger partial charge in [0.05, 0.1) is 0 Å². The van der Waals surface area contributed by atoms with Gasteiger partial charge in [-0.05, 0) is 56.9 Å². The van der Waals surface area contributed by atoms with Gasteiger partial charge < -0.3 is 5.32 Å². The molecular weight excluding hydrogens is 208 g/mol. The van der Waals surface area contributed by atoms with E-state index in [1.807, 2.05) is 0 Å². The molecular formula is C15H26N2. The molecule has 1 N–H and O–H groups in total. The Hall–Kier alpha value is -0.0800. The number of hydrogen-bond donors (Lipinski definition) is 1. The third-order valence-electron chi connectivity index (χ3n) is 6.17. The third-order valence-corrected chi connectivity index (χ3v) is 6.17. The molecule has 1 unspecified atom stereocenters. The molecule has 4 rings (SSSR count). The van der Waals surface area contributed by atoms with Gasteiger partial charge in [-0.3, -0.25) is 4.90 Å². The first-order valence-electron chi connectivity index (χ1n) is 7.79. The van der Waals surface area contributed by atoms with Gasteiger partial charge in [0, 0.05) is 24.7 Å². The second-order valence-corrected chi connectivity index (χ2v) is 7.32. The Morgan fingerprint density at radius 2 is 1.71 bits per heavy atom. The molecule has 2 aliphatic carbocycles. The van der Waals surface area contributed by atoms with Crippen molar-refractivity contribution < 1.29 is 0 Å². The van der Waals surface area contributed by atoms with Gasteiger partial charge >= 0.3 is 0 Å². The fourth-order valence-electron chi connectivity index (χ4n) is 4.94. The highest BCUT2D eigenvalue weighted by Crippen LogP contribution is 2.48. The van der Waals surface area contributed by atoms with Crippen LogP contribution in [-0.4, -0.2) is 36.1 Å². The first-order valence-corrected chi connectivity index (χ1v) is 7.79. The number of rotatable bonds is 1. The summed E-state index contributed by atoms with van der Waals surface area (Å²) in [7, 11) is 0. The fraction of sp³-hybridized carbons (Fsp3) is 1.00. The van der Waals surface area contributed by atoms with E-state index in [1.54, 1.807) is 0 Å². The molecule has 2 heterocycles. The van der Waals surface area contributed by atoms with E-state index in [0.29, 0.717) is 5.54 Å². The van der Waals surface area contributed by atoms with Crippen LogP contribution in [0.4, 0.5) is 0 Å². The summed E-state index contributed by atoms with van der Waals surface area (Å²) in [5.41, 5.74) is 1.37. The second kappa shape index (κ2) is 3.71. The molecule has 1 atom stereocenters. The highest BCUT2D eigenvalue weighted by Gasteiger charge is 2.49. The topological polar surface area (TPSA) is 15.3 Å². The van der Waals surface area contributed by atoms with Gasteiger partial charge in [-0.1, -0.05) is 12.8 Å². The van der Waals surface area contributed by atoms with Gasteiger partial charge in [-0.25, -0.2) is 0 Å². The van der Waals surface area contributed by atoms with Gasteiger partial charge in [0.15, 0.2) is 0 Å². The molecule has 96 valence electrons. The number of piperidine rings is 1. The Kier molecular flexibility index (Phi) is 2.36. The highest BCUT2D eigenvalue weighted by atomic mass is 15.3. The van der Waals surface area contributed by atoms with Gasteiger partial charge in [-0.15, -0.1) is 0 Å².